The van der Waals surface area contributed by atoms with E-state index in [1.54, 1.807) is 21.3 Å². The molecule has 0 aliphatic heterocycles. The fraction of sp³-hybridized carbons (Fsp3) is 0.800. The normalized spacial score (nSPS) is 10.8. The lowest BCUT2D eigenvalue weighted by molar-refractivity contribution is 0.193. The van der Waals surface area contributed by atoms with Gasteiger partial charge >= 0.3 is 0 Å². The van der Waals surface area contributed by atoms with Crippen LogP contribution in [0.3, 0.4) is 0 Å². The number of rotatable bonds is 12. The Bertz CT molecular complexity index is 398. The van der Waals surface area contributed by atoms with Crippen LogP contribution in [0.4, 0.5) is 17.8 Å². The standard InChI is InChI=1S/C15H30N6O3/c1-7-19(10-22-4)13-16-14(20(8-2)11-23-5)18-15(17-13)21(9-3)12-24-6/h7-12H2,1-6H3. The third-order valence-electron chi connectivity index (χ3n) is 3.45. The molecular formula is C15H30N6O3. The van der Waals surface area contributed by atoms with Gasteiger partial charge in [-0.15, -0.1) is 0 Å². The summed E-state index contributed by atoms with van der Waals surface area (Å²) in [5.41, 5.74) is 0. The van der Waals surface area contributed by atoms with Gasteiger partial charge in [0.1, 0.15) is 20.2 Å². The Balaban J connectivity index is 3.31. The van der Waals surface area contributed by atoms with Gasteiger partial charge in [-0.2, -0.15) is 15.0 Å². The minimum absolute atomic E-state index is 0.409. The first kappa shape index (κ1) is 20.3. The first-order valence-corrected chi connectivity index (χ1v) is 8.12. The fourth-order valence-electron chi connectivity index (χ4n) is 2.11. The summed E-state index contributed by atoms with van der Waals surface area (Å²) in [7, 11) is 4.95. The van der Waals surface area contributed by atoms with Crippen molar-refractivity contribution in [2.24, 2.45) is 0 Å². The zero-order chi connectivity index (χ0) is 17.9. The molecule has 0 aromatic carbocycles. The van der Waals surface area contributed by atoms with E-state index in [2.05, 4.69) is 15.0 Å². The highest BCUT2D eigenvalue weighted by Gasteiger charge is 2.18. The van der Waals surface area contributed by atoms with Gasteiger partial charge in [-0.25, -0.2) is 0 Å². The molecule has 24 heavy (non-hydrogen) atoms. The van der Waals surface area contributed by atoms with Crippen LogP contribution in [-0.2, 0) is 14.2 Å². The van der Waals surface area contributed by atoms with Crippen LogP contribution in [0.15, 0.2) is 0 Å². The summed E-state index contributed by atoms with van der Waals surface area (Å²) in [4.78, 5) is 19.6. The molecule has 0 spiro atoms. The Kier molecular flexibility index (Phi) is 9.28. The molecule has 0 aliphatic carbocycles. The second kappa shape index (κ2) is 11.0. The number of methoxy groups -OCH3 is 3. The van der Waals surface area contributed by atoms with Crippen LogP contribution in [0.5, 0.6) is 0 Å². The second-order valence-corrected chi connectivity index (χ2v) is 5.06. The average Bonchev–Trinajstić information content (AvgIpc) is 2.61. The van der Waals surface area contributed by atoms with Crippen molar-refractivity contribution in [2.45, 2.75) is 20.8 Å². The van der Waals surface area contributed by atoms with Crippen LogP contribution in [0.2, 0.25) is 0 Å². The lowest BCUT2D eigenvalue weighted by Gasteiger charge is -2.26. The van der Waals surface area contributed by atoms with Crippen LogP contribution in [-0.4, -0.2) is 76.1 Å². The van der Waals surface area contributed by atoms with E-state index in [0.717, 1.165) is 19.6 Å². The lowest BCUT2D eigenvalue weighted by atomic mass is 10.5. The molecule has 1 aromatic rings. The van der Waals surface area contributed by atoms with Crippen LogP contribution in [0.1, 0.15) is 20.8 Å². The van der Waals surface area contributed by atoms with E-state index in [-0.39, 0.29) is 0 Å². The summed E-state index contributed by atoms with van der Waals surface area (Å²) >= 11 is 0. The van der Waals surface area contributed by atoms with Gasteiger partial charge in [0, 0.05) is 41.0 Å². The predicted octanol–water partition coefficient (Wildman–Crippen LogP) is 1.16. The average molecular weight is 342 g/mol. The van der Waals surface area contributed by atoms with Crippen molar-refractivity contribution in [3.8, 4) is 0 Å². The largest absolute Gasteiger partial charge is 0.364 e. The molecule has 0 saturated heterocycles. The van der Waals surface area contributed by atoms with Gasteiger partial charge in [-0.05, 0) is 20.8 Å². The molecule has 0 amide bonds. The first-order valence-electron chi connectivity index (χ1n) is 8.12. The monoisotopic (exact) mass is 342 g/mol. The molecule has 0 saturated carbocycles. The smallest absolute Gasteiger partial charge is 0.233 e. The maximum Gasteiger partial charge on any atom is 0.233 e. The fourth-order valence-corrected chi connectivity index (χ4v) is 2.11. The molecule has 1 heterocycles. The van der Waals surface area contributed by atoms with E-state index >= 15 is 0 Å². The topological polar surface area (TPSA) is 76.1 Å². The SMILES string of the molecule is CCN(COC)c1nc(N(CC)COC)nc(N(CC)COC)n1. The lowest BCUT2D eigenvalue weighted by Crippen LogP contribution is -2.34. The van der Waals surface area contributed by atoms with E-state index in [4.69, 9.17) is 14.2 Å². The summed E-state index contributed by atoms with van der Waals surface area (Å²) in [6.07, 6.45) is 0. The van der Waals surface area contributed by atoms with Crippen molar-refractivity contribution in [2.75, 3.05) is 75.9 Å². The van der Waals surface area contributed by atoms with Gasteiger partial charge in [0.15, 0.2) is 0 Å². The maximum atomic E-state index is 5.25. The van der Waals surface area contributed by atoms with E-state index in [9.17, 15) is 0 Å². The Morgan fingerprint density at radius 2 is 0.833 bits per heavy atom. The number of nitrogens with zero attached hydrogens (tertiary/aromatic N) is 6. The first-order chi connectivity index (χ1) is 11.6. The third kappa shape index (κ3) is 5.43. The zero-order valence-corrected chi connectivity index (χ0v) is 15.7. The molecule has 9 heteroatoms. The van der Waals surface area contributed by atoms with Crippen molar-refractivity contribution >= 4 is 17.8 Å². The van der Waals surface area contributed by atoms with Gasteiger partial charge in [-0.3, -0.25) is 0 Å². The van der Waals surface area contributed by atoms with Gasteiger partial charge in [-0.1, -0.05) is 0 Å². The Morgan fingerprint density at radius 1 is 0.583 bits per heavy atom. The minimum Gasteiger partial charge on any atom is -0.364 e. The Morgan fingerprint density at radius 3 is 1.00 bits per heavy atom. The number of hydrogen-bond acceptors (Lipinski definition) is 9. The molecular weight excluding hydrogens is 312 g/mol. The molecule has 0 unspecified atom stereocenters. The van der Waals surface area contributed by atoms with Crippen LogP contribution in [0, 0.1) is 0 Å². The molecule has 1 aromatic heterocycles. The van der Waals surface area contributed by atoms with Gasteiger partial charge < -0.3 is 28.9 Å². The van der Waals surface area contributed by atoms with Crippen molar-refractivity contribution in [1.82, 2.24) is 15.0 Å². The minimum atomic E-state index is 0.409. The predicted molar refractivity (Wildman–Crippen MR) is 94.5 cm³/mol. The number of ether oxygens (including phenoxy) is 3. The summed E-state index contributed by atoms with van der Waals surface area (Å²) in [5.74, 6) is 1.72. The van der Waals surface area contributed by atoms with Crippen molar-refractivity contribution in [1.29, 1.82) is 0 Å². The summed E-state index contributed by atoms with van der Waals surface area (Å²) in [6.45, 7) is 9.49. The molecule has 0 fully saturated rings. The molecule has 0 N–H and O–H groups in total. The molecule has 0 aliphatic rings. The third-order valence-corrected chi connectivity index (χ3v) is 3.45. The van der Waals surface area contributed by atoms with Crippen molar-refractivity contribution in [3.05, 3.63) is 0 Å². The van der Waals surface area contributed by atoms with Gasteiger partial charge in [0.25, 0.3) is 0 Å². The Labute approximate surface area is 144 Å². The summed E-state index contributed by atoms with van der Waals surface area (Å²) in [5, 5.41) is 0. The highest BCUT2D eigenvalue weighted by Crippen LogP contribution is 2.19. The van der Waals surface area contributed by atoms with Gasteiger partial charge in [0.05, 0.1) is 0 Å². The van der Waals surface area contributed by atoms with Crippen LogP contribution >= 0.6 is 0 Å². The molecule has 1 rings (SSSR count). The highest BCUT2D eigenvalue weighted by molar-refractivity contribution is 5.46. The maximum absolute atomic E-state index is 5.25. The molecule has 0 bridgehead atoms. The van der Waals surface area contributed by atoms with Crippen molar-refractivity contribution in [3.63, 3.8) is 0 Å². The number of aromatic nitrogens is 3. The molecule has 138 valence electrons. The number of anilines is 3. The zero-order valence-electron chi connectivity index (χ0n) is 15.7. The van der Waals surface area contributed by atoms with E-state index in [0.29, 0.717) is 38.0 Å². The molecule has 0 atom stereocenters. The van der Waals surface area contributed by atoms with E-state index in [1.807, 2.05) is 35.5 Å². The highest BCUT2D eigenvalue weighted by atomic mass is 16.5. The summed E-state index contributed by atoms with van der Waals surface area (Å²) < 4.78 is 15.7. The number of hydrogen-bond donors (Lipinski definition) is 0. The Hall–Kier alpha value is -1.71. The van der Waals surface area contributed by atoms with Crippen molar-refractivity contribution < 1.29 is 14.2 Å². The van der Waals surface area contributed by atoms with Gasteiger partial charge in [0.2, 0.25) is 17.8 Å². The van der Waals surface area contributed by atoms with E-state index < -0.39 is 0 Å². The van der Waals surface area contributed by atoms with Crippen LogP contribution < -0.4 is 14.7 Å². The van der Waals surface area contributed by atoms with Crippen LogP contribution in [0.25, 0.3) is 0 Å². The van der Waals surface area contributed by atoms with E-state index in [1.165, 1.54) is 0 Å². The molecule has 9 nitrogen and oxygen atoms in total. The second-order valence-electron chi connectivity index (χ2n) is 5.06. The quantitative estimate of drug-likeness (QED) is 0.520. The molecule has 0 radical (unpaired) electrons. The summed E-state index contributed by atoms with van der Waals surface area (Å²) in [6, 6.07) is 0.